The monoisotopic (exact) mass is 748 g/mol. The lowest BCUT2D eigenvalue weighted by molar-refractivity contribution is -0.137. The summed E-state index contributed by atoms with van der Waals surface area (Å²) in [5.74, 6) is -0.568. The van der Waals surface area contributed by atoms with Crippen molar-refractivity contribution in [3.8, 4) is 5.75 Å². The maximum Gasteiger partial charge on any atom is 0.416 e. The first-order valence-electron chi connectivity index (χ1n) is 17.4. The third-order valence-corrected chi connectivity index (χ3v) is 12.2. The summed E-state index contributed by atoms with van der Waals surface area (Å²) in [6, 6.07) is 14.0. The molecule has 0 saturated carbocycles. The van der Waals surface area contributed by atoms with Gasteiger partial charge in [-0.2, -0.15) is 17.5 Å². The van der Waals surface area contributed by atoms with Gasteiger partial charge in [0.05, 0.1) is 34.9 Å². The van der Waals surface area contributed by atoms with Crippen LogP contribution in [0.4, 0.5) is 18.9 Å². The average molecular weight is 749 g/mol. The second kappa shape index (κ2) is 14.2. The normalized spacial score (nSPS) is 16.9. The number of pyridine rings is 1. The number of carbonyl (C=O) groups is 1. The summed E-state index contributed by atoms with van der Waals surface area (Å²) in [6.07, 6.45) is -1.22. The van der Waals surface area contributed by atoms with E-state index < -0.39 is 33.1 Å². The Bertz CT molecular complexity index is 2290. The van der Waals surface area contributed by atoms with E-state index in [9.17, 15) is 26.4 Å². The van der Waals surface area contributed by atoms with Crippen LogP contribution in [0.1, 0.15) is 72.6 Å². The number of nitrogens with one attached hydrogen (secondary N) is 1. The quantitative estimate of drug-likeness (QED) is 0.164. The molecule has 0 bridgehead atoms. The van der Waals surface area contributed by atoms with Crippen molar-refractivity contribution in [2.45, 2.75) is 78.0 Å². The number of rotatable bonds is 9. The van der Waals surface area contributed by atoms with Gasteiger partial charge in [0.15, 0.2) is 0 Å². The average Bonchev–Trinajstić information content (AvgIpc) is 3.51. The fourth-order valence-electron chi connectivity index (χ4n) is 7.36. The van der Waals surface area contributed by atoms with Gasteiger partial charge in [0.1, 0.15) is 16.8 Å². The number of hydrogen-bond donors (Lipinski definition) is 1. The number of halogens is 3. The summed E-state index contributed by atoms with van der Waals surface area (Å²) in [7, 11) is -2.60. The fourth-order valence-corrected chi connectivity index (χ4v) is 9.11. The third kappa shape index (κ3) is 7.13. The van der Waals surface area contributed by atoms with Crippen LogP contribution in [0.15, 0.2) is 71.9 Å². The minimum atomic E-state index is -4.59. The van der Waals surface area contributed by atoms with Gasteiger partial charge in [-0.15, -0.1) is 5.10 Å². The van der Waals surface area contributed by atoms with Gasteiger partial charge < -0.3 is 10.1 Å². The summed E-state index contributed by atoms with van der Waals surface area (Å²) in [5, 5.41) is 11.9. The van der Waals surface area contributed by atoms with E-state index in [1.165, 1.54) is 4.31 Å². The Balaban J connectivity index is 1.48. The molecule has 2 aromatic heterocycles. The Morgan fingerprint density at radius 1 is 1.09 bits per heavy atom. The van der Waals surface area contributed by atoms with Crippen molar-refractivity contribution in [1.29, 1.82) is 0 Å². The smallest absolute Gasteiger partial charge is 0.416 e. The first kappa shape index (κ1) is 37.9. The molecule has 3 heterocycles. The van der Waals surface area contributed by atoms with Crippen LogP contribution in [-0.2, 0) is 40.5 Å². The minimum Gasteiger partial charge on any atom is -0.494 e. The van der Waals surface area contributed by atoms with Crippen molar-refractivity contribution in [1.82, 2.24) is 24.3 Å². The number of amides is 1. The van der Waals surface area contributed by atoms with Crippen molar-refractivity contribution in [3.63, 3.8) is 0 Å². The number of alkyl halides is 3. The van der Waals surface area contributed by atoms with Gasteiger partial charge in [-0.1, -0.05) is 44.2 Å². The van der Waals surface area contributed by atoms with E-state index in [1.807, 2.05) is 65.8 Å². The molecule has 1 amide bonds. The van der Waals surface area contributed by atoms with Crippen LogP contribution in [0.5, 0.6) is 5.75 Å². The molecule has 0 unspecified atom stereocenters. The summed E-state index contributed by atoms with van der Waals surface area (Å²) in [6.45, 7) is 12.0. The zero-order valence-electron chi connectivity index (χ0n) is 30.7. The number of carbonyl (C=O) groups excluding carboxylic acids is 1. The van der Waals surface area contributed by atoms with E-state index in [0.29, 0.717) is 29.1 Å². The molecule has 3 aromatic carbocycles. The predicted octanol–water partition coefficient (Wildman–Crippen LogP) is 7.67. The zero-order valence-corrected chi connectivity index (χ0v) is 31.6. The number of aryl methyl sites for hydroxylation is 3. The van der Waals surface area contributed by atoms with Gasteiger partial charge in [-0.3, -0.25) is 9.78 Å². The molecule has 10 nitrogen and oxygen atoms in total. The number of ether oxygens (including phenoxy) is 1. The van der Waals surface area contributed by atoms with E-state index in [0.717, 1.165) is 46.0 Å². The number of benzene rings is 3. The molecule has 5 aromatic rings. The van der Waals surface area contributed by atoms with Gasteiger partial charge in [0.2, 0.25) is 15.9 Å². The lowest BCUT2D eigenvalue weighted by Gasteiger charge is -2.35. The van der Waals surface area contributed by atoms with E-state index in [1.54, 1.807) is 36.3 Å². The number of hydrogen-bond acceptors (Lipinski definition) is 7. The summed E-state index contributed by atoms with van der Waals surface area (Å²) in [4.78, 5) is 18.3. The molecule has 0 radical (unpaired) electrons. The van der Waals surface area contributed by atoms with E-state index in [-0.39, 0.29) is 41.8 Å². The molecular weight excluding hydrogens is 706 g/mol. The predicted molar refractivity (Wildman–Crippen MR) is 196 cm³/mol. The Morgan fingerprint density at radius 2 is 1.85 bits per heavy atom. The van der Waals surface area contributed by atoms with Crippen LogP contribution >= 0.6 is 0 Å². The van der Waals surface area contributed by atoms with Crippen LogP contribution in [0.2, 0.25) is 0 Å². The fraction of sp³-hybridized carbons (Fsp3) is 0.385. The SMILES string of the molecule is CCn1nnc2c(C)c([C@H](c3ccc(C)c(CN4C[C@@H](C)Cc5cc(C(F)(F)F)ccc5S4(=O)=O)c3)C(C)(C)C(=O)Nc3cccnc3)cc(OC)c21. The molecule has 1 N–H and O–H groups in total. The number of nitrogens with zero attached hydrogens (tertiary/aromatic N) is 5. The molecule has 280 valence electrons. The second-order valence-electron chi connectivity index (χ2n) is 14.4. The van der Waals surface area contributed by atoms with Crippen molar-refractivity contribution in [2.75, 3.05) is 19.0 Å². The number of sulfonamides is 1. The Labute approximate surface area is 307 Å². The molecule has 0 aliphatic carbocycles. The zero-order chi connectivity index (χ0) is 38.5. The Hall–Kier alpha value is -4.82. The van der Waals surface area contributed by atoms with E-state index in [2.05, 4.69) is 20.6 Å². The molecule has 0 saturated heterocycles. The first-order valence-corrected chi connectivity index (χ1v) is 18.8. The van der Waals surface area contributed by atoms with Gasteiger partial charge in [-0.25, -0.2) is 13.1 Å². The second-order valence-corrected chi connectivity index (χ2v) is 16.3. The van der Waals surface area contributed by atoms with Gasteiger partial charge in [0, 0.05) is 31.7 Å². The molecule has 6 rings (SSSR count). The molecule has 2 atom stereocenters. The van der Waals surface area contributed by atoms with Gasteiger partial charge in [-0.05, 0) is 103 Å². The Morgan fingerprint density at radius 3 is 2.51 bits per heavy atom. The molecule has 14 heteroatoms. The standard InChI is InChI=1S/C39H43F3N6O4S/c1-8-48-36-32(52-7)19-31(25(4)35(36)45-46-48)34(38(5,6)37(49)44-30-10-9-15-43-20-30)26-12-11-24(3)28(17-26)22-47-21-23(2)16-27-18-29(39(40,41)42)13-14-33(27)53(47,50)51/h9-15,17-20,23,34H,8,16,21-22H2,1-7H3,(H,44,49)/t23-,34-/m0/s1. The molecule has 53 heavy (non-hydrogen) atoms. The van der Waals surface area contributed by atoms with Crippen molar-refractivity contribution in [2.24, 2.45) is 11.3 Å². The van der Waals surface area contributed by atoms with E-state index >= 15 is 0 Å². The molecule has 0 spiro atoms. The van der Waals surface area contributed by atoms with Crippen molar-refractivity contribution < 1.29 is 31.1 Å². The largest absolute Gasteiger partial charge is 0.494 e. The number of methoxy groups -OCH3 is 1. The van der Waals surface area contributed by atoms with Crippen LogP contribution in [-0.4, -0.2) is 52.3 Å². The first-order chi connectivity index (χ1) is 25.0. The van der Waals surface area contributed by atoms with Crippen LogP contribution in [0, 0.1) is 25.2 Å². The highest BCUT2D eigenvalue weighted by molar-refractivity contribution is 7.89. The number of anilines is 1. The van der Waals surface area contributed by atoms with Crippen LogP contribution < -0.4 is 10.1 Å². The Kier molecular flexibility index (Phi) is 10.2. The highest BCUT2D eigenvalue weighted by Crippen LogP contribution is 2.46. The molecule has 1 aliphatic rings. The molecular formula is C39H43F3N6O4S. The number of aromatic nitrogens is 4. The van der Waals surface area contributed by atoms with Crippen molar-refractivity contribution >= 4 is 32.7 Å². The van der Waals surface area contributed by atoms with E-state index in [4.69, 9.17) is 4.74 Å². The van der Waals surface area contributed by atoms with Gasteiger partial charge >= 0.3 is 6.18 Å². The molecule has 0 fully saturated rings. The maximum absolute atomic E-state index is 14.3. The lowest BCUT2D eigenvalue weighted by atomic mass is 9.69. The lowest BCUT2D eigenvalue weighted by Crippen LogP contribution is -2.37. The van der Waals surface area contributed by atoms with Crippen LogP contribution in [0.3, 0.4) is 0 Å². The van der Waals surface area contributed by atoms with Crippen LogP contribution in [0.25, 0.3) is 11.0 Å². The number of fused-ring (bicyclic) bond motifs is 2. The minimum absolute atomic E-state index is 0.0198. The third-order valence-electron chi connectivity index (χ3n) is 10.2. The topological polar surface area (TPSA) is 119 Å². The maximum atomic E-state index is 14.3. The summed E-state index contributed by atoms with van der Waals surface area (Å²) in [5.41, 5.74) is 3.95. The van der Waals surface area contributed by atoms with Gasteiger partial charge in [0.25, 0.3) is 0 Å². The summed E-state index contributed by atoms with van der Waals surface area (Å²) >= 11 is 0. The highest BCUT2D eigenvalue weighted by atomic mass is 32.2. The summed E-state index contributed by atoms with van der Waals surface area (Å²) < 4.78 is 78.0. The highest BCUT2D eigenvalue weighted by Gasteiger charge is 2.42. The van der Waals surface area contributed by atoms with Crippen molar-refractivity contribution in [3.05, 3.63) is 106 Å². The molecule has 1 aliphatic heterocycles.